The summed E-state index contributed by atoms with van der Waals surface area (Å²) in [7, 11) is 2.20. The Labute approximate surface area is 223 Å². The van der Waals surface area contributed by atoms with Crippen LogP contribution in [-0.2, 0) is 11.2 Å². The second-order valence-electron chi connectivity index (χ2n) is 10.4. The van der Waals surface area contributed by atoms with Gasteiger partial charge in [0, 0.05) is 43.3 Å². The van der Waals surface area contributed by atoms with Gasteiger partial charge in [-0.15, -0.1) is 0 Å². The molecule has 2 aliphatic heterocycles. The zero-order valence-electron chi connectivity index (χ0n) is 23.3. The molecule has 0 spiro atoms. The summed E-state index contributed by atoms with van der Waals surface area (Å²) in [6.07, 6.45) is 7.70. The number of nitrogens with zero attached hydrogens (tertiary/aromatic N) is 2. The number of likely N-dealkylation sites (N-methyl/N-ethyl adjacent to an activating group) is 1. The summed E-state index contributed by atoms with van der Waals surface area (Å²) in [6, 6.07) is 14.9. The number of anilines is 1. The van der Waals surface area contributed by atoms with Gasteiger partial charge in [0.2, 0.25) is 5.91 Å². The third-order valence-electron chi connectivity index (χ3n) is 7.54. The van der Waals surface area contributed by atoms with E-state index in [2.05, 4.69) is 52.9 Å². The highest BCUT2D eigenvalue weighted by atomic mass is 16.2. The van der Waals surface area contributed by atoms with E-state index in [-0.39, 0.29) is 11.8 Å². The second kappa shape index (κ2) is 14.9. The molecular weight excluding hydrogens is 460 g/mol. The molecule has 37 heavy (non-hydrogen) atoms. The molecule has 2 saturated heterocycles. The number of rotatable bonds is 7. The Morgan fingerprint density at radius 2 is 1.62 bits per heavy atom. The Kier molecular flexibility index (Phi) is 11.6. The van der Waals surface area contributed by atoms with Gasteiger partial charge in [-0.25, -0.2) is 0 Å². The first-order valence-corrected chi connectivity index (χ1v) is 14.0. The summed E-state index contributed by atoms with van der Waals surface area (Å²) in [5.74, 6) is 0.0775. The van der Waals surface area contributed by atoms with Crippen LogP contribution in [0.15, 0.2) is 42.5 Å². The summed E-state index contributed by atoms with van der Waals surface area (Å²) in [5.41, 5.74) is 4.76. The highest BCUT2D eigenvalue weighted by molar-refractivity contribution is 5.97. The maximum Gasteiger partial charge on any atom is 0.253 e. The van der Waals surface area contributed by atoms with Crippen molar-refractivity contribution in [3.05, 3.63) is 64.7 Å². The summed E-state index contributed by atoms with van der Waals surface area (Å²) < 4.78 is 0. The van der Waals surface area contributed by atoms with Gasteiger partial charge in [-0.05, 0) is 94.9 Å². The van der Waals surface area contributed by atoms with Crippen molar-refractivity contribution in [3.8, 4) is 0 Å². The lowest BCUT2D eigenvalue weighted by molar-refractivity contribution is -0.115. The molecule has 0 unspecified atom stereocenters. The molecule has 4 rings (SSSR count). The van der Waals surface area contributed by atoms with E-state index in [0.29, 0.717) is 18.0 Å². The van der Waals surface area contributed by atoms with Gasteiger partial charge in [0.25, 0.3) is 5.91 Å². The Morgan fingerprint density at radius 1 is 1.00 bits per heavy atom. The summed E-state index contributed by atoms with van der Waals surface area (Å²) >= 11 is 0. The predicted molar refractivity (Wildman–Crippen MR) is 153 cm³/mol. The maximum atomic E-state index is 13.1. The number of aryl methyl sites for hydroxylation is 2. The molecule has 6 nitrogen and oxygen atoms in total. The third-order valence-corrected chi connectivity index (χ3v) is 7.54. The summed E-state index contributed by atoms with van der Waals surface area (Å²) in [5, 5.41) is 6.23. The normalized spacial score (nSPS) is 16.2. The average Bonchev–Trinajstić information content (AvgIpc) is 2.95. The van der Waals surface area contributed by atoms with E-state index < -0.39 is 0 Å². The molecule has 0 atom stereocenters. The van der Waals surface area contributed by atoms with Crippen LogP contribution in [0.25, 0.3) is 0 Å². The second-order valence-corrected chi connectivity index (χ2v) is 10.4. The Hall–Kier alpha value is -2.70. The number of carbonyl (C=O) groups excluding carboxylic acids is 2. The van der Waals surface area contributed by atoms with E-state index in [1.165, 1.54) is 37.9 Å². The maximum absolute atomic E-state index is 13.1. The molecule has 2 aromatic rings. The Bertz CT molecular complexity index is 961. The van der Waals surface area contributed by atoms with Gasteiger partial charge in [0.1, 0.15) is 0 Å². The SMILES string of the molecule is C1CCNCC1.CCC(=O)Nc1c(C)cc(C(=O)N2CCC(N(C)CCc3ccccc3)CC2)cc1C. The van der Waals surface area contributed by atoms with Crippen LogP contribution in [0, 0.1) is 13.8 Å². The molecule has 0 aliphatic carbocycles. The molecule has 0 bridgehead atoms. The Morgan fingerprint density at radius 3 is 2.14 bits per heavy atom. The average molecular weight is 507 g/mol. The van der Waals surface area contributed by atoms with E-state index in [1.807, 2.05) is 37.8 Å². The topological polar surface area (TPSA) is 64.7 Å². The van der Waals surface area contributed by atoms with Crippen LogP contribution in [0.1, 0.15) is 72.5 Å². The molecule has 2 heterocycles. The lowest BCUT2D eigenvalue weighted by Crippen LogP contribution is -2.46. The first kappa shape index (κ1) is 28.9. The van der Waals surface area contributed by atoms with E-state index in [4.69, 9.17) is 0 Å². The van der Waals surface area contributed by atoms with Gasteiger partial charge in [-0.3, -0.25) is 9.59 Å². The van der Waals surface area contributed by atoms with Gasteiger partial charge in [0.05, 0.1) is 0 Å². The quantitative estimate of drug-likeness (QED) is 0.542. The minimum Gasteiger partial charge on any atom is -0.339 e. The zero-order chi connectivity index (χ0) is 26.6. The van der Waals surface area contributed by atoms with Crippen LogP contribution in [0.5, 0.6) is 0 Å². The van der Waals surface area contributed by atoms with Crippen LogP contribution in [0.2, 0.25) is 0 Å². The molecule has 2 aliphatic rings. The number of hydrogen-bond donors (Lipinski definition) is 2. The smallest absolute Gasteiger partial charge is 0.253 e. The van der Waals surface area contributed by atoms with E-state index >= 15 is 0 Å². The zero-order valence-corrected chi connectivity index (χ0v) is 23.3. The van der Waals surface area contributed by atoms with Gasteiger partial charge in [-0.2, -0.15) is 0 Å². The first-order chi connectivity index (χ1) is 17.9. The molecule has 0 radical (unpaired) electrons. The minimum absolute atomic E-state index is 0.0104. The summed E-state index contributed by atoms with van der Waals surface area (Å²) in [6.45, 7) is 10.8. The lowest BCUT2D eigenvalue weighted by atomic mass is 10.00. The van der Waals surface area contributed by atoms with Crippen LogP contribution in [0.3, 0.4) is 0 Å². The summed E-state index contributed by atoms with van der Waals surface area (Å²) in [4.78, 5) is 29.3. The fraction of sp³-hybridized carbons (Fsp3) is 0.548. The van der Waals surface area contributed by atoms with Crippen LogP contribution < -0.4 is 10.6 Å². The number of carbonyl (C=O) groups is 2. The molecule has 6 heteroatoms. The van der Waals surface area contributed by atoms with Crippen LogP contribution >= 0.6 is 0 Å². The van der Waals surface area contributed by atoms with Crippen LogP contribution in [-0.4, -0.2) is 67.4 Å². The number of amides is 2. The van der Waals surface area contributed by atoms with Crippen molar-refractivity contribution in [2.45, 2.75) is 71.8 Å². The van der Waals surface area contributed by atoms with Crippen molar-refractivity contribution >= 4 is 17.5 Å². The molecule has 2 amide bonds. The van der Waals surface area contributed by atoms with Crippen molar-refractivity contribution < 1.29 is 9.59 Å². The number of hydrogen-bond acceptors (Lipinski definition) is 4. The molecular formula is C31H46N4O2. The van der Waals surface area contributed by atoms with E-state index in [9.17, 15) is 9.59 Å². The lowest BCUT2D eigenvalue weighted by Gasteiger charge is -2.37. The standard InChI is InChI=1S/C26H35N3O2.C5H11N/c1-5-24(30)27-25-19(2)17-22(18-20(25)3)26(31)29-15-12-23(13-16-29)28(4)14-11-21-9-7-6-8-10-21;1-2-4-6-5-3-1/h6-10,17-18,23H,5,11-16H2,1-4H3,(H,27,30);6H,1-5H2. The molecule has 2 aromatic carbocycles. The first-order valence-electron chi connectivity index (χ1n) is 14.0. The minimum atomic E-state index is -0.0104. The number of piperidine rings is 2. The highest BCUT2D eigenvalue weighted by Crippen LogP contribution is 2.25. The van der Waals surface area contributed by atoms with Crippen molar-refractivity contribution in [2.75, 3.05) is 45.1 Å². The molecule has 2 N–H and O–H groups in total. The van der Waals surface area contributed by atoms with E-state index in [0.717, 1.165) is 55.7 Å². The molecule has 0 saturated carbocycles. The monoisotopic (exact) mass is 506 g/mol. The van der Waals surface area contributed by atoms with Gasteiger partial charge >= 0.3 is 0 Å². The highest BCUT2D eigenvalue weighted by Gasteiger charge is 2.26. The van der Waals surface area contributed by atoms with Gasteiger partial charge in [0.15, 0.2) is 0 Å². The number of likely N-dealkylation sites (tertiary alicyclic amines) is 1. The molecule has 202 valence electrons. The third kappa shape index (κ3) is 8.97. The molecule has 0 aromatic heterocycles. The van der Waals surface area contributed by atoms with Crippen molar-refractivity contribution in [3.63, 3.8) is 0 Å². The van der Waals surface area contributed by atoms with Gasteiger partial charge < -0.3 is 20.4 Å². The Balaban J connectivity index is 0.000000555. The fourth-order valence-electron chi connectivity index (χ4n) is 5.14. The van der Waals surface area contributed by atoms with E-state index in [1.54, 1.807) is 0 Å². The van der Waals surface area contributed by atoms with Crippen LogP contribution in [0.4, 0.5) is 5.69 Å². The van der Waals surface area contributed by atoms with Crippen molar-refractivity contribution in [1.82, 2.24) is 15.1 Å². The predicted octanol–water partition coefficient (Wildman–Crippen LogP) is 5.19. The number of nitrogens with one attached hydrogen (secondary N) is 2. The van der Waals surface area contributed by atoms with Crippen molar-refractivity contribution in [1.29, 1.82) is 0 Å². The molecule has 2 fully saturated rings. The van der Waals surface area contributed by atoms with Gasteiger partial charge in [-0.1, -0.05) is 43.7 Å². The fourth-order valence-corrected chi connectivity index (χ4v) is 5.14. The largest absolute Gasteiger partial charge is 0.339 e. The number of benzene rings is 2. The van der Waals surface area contributed by atoms with Crippen molar-refractivity contribution in [2.24, 2.45) is 0 Å².